The van der Waals surface area contributed by atoms with Gasteiger partial charge in [-0.3, -0.25) is 9.59 Å². The summed E-state index contributed by atoms with van der Waals surface area (Å²) in [5.41, 5.74) is 6.08. The molecule has 0 saturated heterocycles. The number of carbonyl (C=O) groups is 2. The maximum Gasteiger partial charge on any atom is 0.262 e. The first-order valence-electron chi connectivity index (χ1n) is 11.0. The molecular formula is C28H25N3O3. The van der Waals surface area contributed by atoms with Crippen molar-refractivity contribution in [1.82, 2.24) is 5.43 Å². The number of hydrazone groups is 1. The molecular weight excluding hydrogens is 426 g/mol. The molecule has 6 heteroatoms. The quantitative estimate of drug-likeness (QED) is 0.297. The summed E-state index contributed by atoms with van der Waals surface area (Å²) in [6, 6.07) is 28.6. The van der Waals surface area contributed by atoms with Crippen LogP contribution in [0, 0.1) is 6.92 Å². The number of hydrogen-bond donors (Lipinski definition) is 2. The van der Waals surface area contributed by atoms with E-state index < -0.39 is 0 Å². The lowest BCUT2D eigenvalue weighted by atomic mass is 10.0. The number of rotatable bonds is 8. The third-order valence-corrected chi connectivity index (χ3v) is 5.30. The van der Waals surface area contributed by atoms with Gasteiger partial charge in [-0.2, -0.15) is 5.10 Å². The second-order valence-electron chi connectivity index (χ2n) is 7.83. The van der Waals surface area contributed by atoms with Crippen LogP contribution in [0.3, 0.4) is 0 Å². The van der Waals surface area contributed by atoms with Gasteiger partial charge in [0.25, 0.3) is 5.91 Å². The maximum atomic E-state index is 12.3. The van der Waals surface area contributed by atoms with Crippen molar-refractivity contribution in [2.75, 3.05) is 11.9 Å². The maximum absolute atomic E-state index is 12.3. The third-order valence-electron chi connectivity index (χ3n) is 5.30. The third kappa shape index (κ3) is 6.07. The number of anilines is 1. The van der Waals surface area contributed by atoms with E-state index in [0.717, 1.165) is 33.2 Å². The molecule has 0 spiro atoms. The number of aryl methyl sites for hydroxylation is 1. The molecule has 2 N–H and O–H groups in total. The average molecular weight is 452 g/mol. The van der Waals surface area contributed by atoms with E-state index in [0.29, 0.717) is 5.75 Å². The van der Waals surface area contributed by atoms with E-state index in [2.05, 4.69) is 15.8 Å². The van der Waals surface area contributed by atoms with E-state index in [9.17, 15) is 9.59 Å². The van der Waals surface area contributed by atoms with Crippen molar-refractivity contribution in [3.8, 4) is 5.75 Å². The van der Waals surface area contributed by atoms with Gasteiger partial charge in [-0.25, -0.2) is 5.43 Å². The predicted molar refractivity (Wildman–Crippen MR) is 135 cm³/mol. The standard InChI is InChI=1S/C28H25N3O3/c1-20-7-2-5-12-26(20)30-28(33)19-34-24-15-13-21(14-16-24)18-29-31-27(32)17-23-10-6-9-22-8-3-4-11-25(22)23/h2-16,18H,17,19H2,1H3,(H,30,33)(H,31,32)/b29-18-. The Morgan fingerprint density at radius 2 is 1.59 bits per heavy atom. The van der Waals surface area contributed by atoms with Gasteiger partial charge in [-0.15, -0.1) is 0 Å². The molecule has 0 heterocycles. The predicted octanol–water partition coefficient (Wildman–Crippen LogP) is 4.86. The number of benzene rings is 4. The van der Waals surface area contributed by atoms with Crippen LogP contribution < -0.4 is 15.5 Å². The highest BCUT2D eigenvalue weighted by Crippen LogP contribution is 2.19. The molecule has 6 nitrogen and oxygen atoms in total. The van der Waals surface area contributed by atoms with Crippen LogP contribution in [0.2, 0.25) is 0 Å². The van der Waals surface area contributed by atoms with Crippen molar-refractivity contribution >= 4 is 34.5 Å². The van der Waals surface area contributed by atoms with Crippen molar-refractivity contribution < 1.29 is 14.3 Å². The van der Waals surface area contributed by atoms with Crippen LogP contribution in [0.5, 0.6) is 5.75 Å². The summed E-state index contributed by atoms with van der Waals surface area (Å²) in [6.45, 7) is 1.84. The molecule has 4 aromatic rings. The summed E-state index contributed by atoms with van der Waals surface area (Å²) in [6.07, 6.45) is 1.81. The normalized spacial score (nSPS) is 10.9. The second kappa shape index (κ2) is 10.9. The zero-order chi connectivity index (χ0) is 23.8. The summed E-state index contributed by atoms with van der Waals surface area (Å²) in [5, 5.41) is 9.04. The lowest BCUT2D eigenvalue weighted by Gasteiger charge is -2.09. The van der Waals surface area contributed by atoms with Crippen LogP contribution in [-0.4, -0.2) is 24.6 Å². The van der Waals surface area contributed by atoms with Gasteiger partial charge in [-0.1, -0.05) is 60.7 Å². The van der Waals surface area contributed by atoms with E-state index in [1.165, 1.54) is 0 Å². The van der Waals surface area contributed by atoms with Crippen molar-refractivity contribution in [3.05, 3.63) is 108 Å². The van der Waals surface area contributed by atoms with Gasteiger partial charge >= 0.3 is 0 Å². The first kappa shape index (κ1) is 22.7. The van der Waals surface area contributed by atoms with Gasteiger partial charge in [-0.05, 0) is 64.7 Å². The van der Waals surface area contributed by atoms with Crippen LogP contribution in [-0.2, 0) is 16.0 Å². The van der Waals surface area contributed by atoms with Crippen molar-refractivity contribution in [1.29, 1.82) is 0 Å². The van der Waals surface area contributed by atoms with E-state index in [-0.39, 0.29) is 24.8 Å². The van der Waals surface area contributed by atoms with Crippen LogP contribution in [0.1, 0.15) is 16.7 Å². The number of hydrogen-bond acceptors (Lipinski definition) is 4. The average Bonchev–Trinajstić information content (AvgIpc) is 2.85. The number of nitrogens with zero attached hydrogens (tertiary/aromatic N) is 1. The molecule has 0 aromatic heterocycles. The second-order valence-corrected chi connectivity index (χ2v) is 7.83. The zero-order valence-electron chi connectivity index (χ0n) is 18.8. The number of ether oxygens (including phenoxy) is 1. The van der Waals surface area contributed by atoms with Gasteiger partial charge in [0.05, 0.1) is 12.6 Å². The number of amides is 2. The number of carbonyl (C=O) groups excluding carboxylic acids is 2. The Bertz CT molecular complexity index is 1330. The van der Waals surface area contributed by atoms with Crippen LogP contribution >= 0.6 is 0 Å². The van der Waals surface area contributed by atoms with Crippen LogP contribution in [0.15, 0.2) is 96.1 Å². The molecule has 0 unspecified atom stereocenters. The van der Waals surface area contributed by atoms with Crippen molar-refractivity contribution in [2.24, 2.45) is 5.10 Å². The molecule has 2 amide bonds. The monoisotopic (exact) mass is 451 g/mol. The van der Waals surface area contributed by atoms with E-state index >= 15 is 0 Å². The first-order chi connectivity index (χ1) is 16.6. The minimum atomic E-state index is -0.228. The molecule has 170 valence electrons. The molecule has 0 aliphatic carbocycles. The molecule has 0 atom stereocenters. The minimum absolute atomic E-state index is 0.0913. The molecule has 0 saturated carbocycles. The summed E-state index contributed by atoms with van der Waals surface area (Å²) < 4.78 is 5.55. The van der Waals surface area contributed by atoms with E-state index in [4.69, 9.17) is 4.74 Å². The van der Waals surface area contributed by atoms with Crippen molar-refractivity contribution in [3.63, 3.8) is 0 Å². The molecule has 0 radical (unpaired) electrons. The Balaban J connectivity index is 1.25. The molecule has 0 aliphatic rings. The summed E-state index contributed by atoms with van der Waals surface area (Å²) in [7, 11) is 0. The smallest absolute Gasteiger partial charge is 0.262 e. The Hall–Kier alpha value is -4.45. The molecule has 34 heavy (non-hydrogen) atoms. The van der Waals surface area contributed by atoms with Gasteiger partial charge in [0.2, 0.25) is 5.91 Å². The van der Waals surface area contributed by atoms with E-state index in [1.54, 1.807) is 30.5 Å². The summed E-state index contributed by atoms with van der Waals surface area (Å²) >= 11 is 0. The van der Waals surface area contributed by atoms with Gasteiger partial charge < -0.3 is 10.1 Å². The highest BCUT2D eigenvalue weighted by molar-refractivity contribution is 5.93. The lowest BCUT2D eigenvalue weighted by Crippen LogP contribution is -2.20. The Kier molecular flexibility index (Phi) is 7.30. The summed E-state index contributed by atoms with van der Waals surface area (Å²) in [4.78, 5) is 24.4. The van der Waals surface area contributed by atoms with Crippen LogP contribution in [0.25, 0.3) is 10.8 Å². The van der Waals surface area contributed by atoms with Crippen molar-refractivity contribution in [2.45, 2.75) is 13.3 Å². The number of nitrogens with one attached hydrogen (secondary N) is 2. The molecule has 0 fully saturated rings. The highest BCUT2D eigenvalue weighted by Gasteiger charge is 2.07. The lowest BCUT2D eigenvalue weighted by molar-refractivity contribution is -0.120. The number of fused-ring (bicyclic) bond motifs is 1. The first-order valence-corrected chi connectivity index (χ1v) is 11.0. The SMILES string of the molecule is Cc1ccccc1NC(=O)COc1ccc(/C=N\NC(=O)Cc2cccc3ccccc23)cc1. The molecule has 4 aromatic carbocycles. The summed E-state index contributed by atoms with van der Waals surface area (Å²) in [5.74, 6) is 0.151. The topological polar surface area (TPSA) is 79.8 Å². The number of para-hydroxylation sites is 1. The fourth-order valence-corrected chi connectivity index (χ4v) is 3.54. The van der Waals surface area contributed by atoms with Gasteiger partial charge in [0.15, 0.2) is 6.61 Å². The van der Waals surface area contributed by atoms with E-state index in [1.807, 2.05) is 73.7 Å². The van der Waals surface area contributed by atoms with Gasteiger partial charge in [0, 0.05) is 5.69 Å². The fraction of sp³-hybridized carbons (Fsp3) is 0.107. The minimum Gasteiger partial charge on any atom is -0.484 e. The largest absolute Gasteiger partial charge is 0.484 e. The molecule has 4 rings (SSSR count). The van der Waals surface area contributed by atoms with Gasteiger partial charge in [0.1, 0.15) is 5.75 Å². The Morgan fingerprint density at radius 1 is 0.853 bits per heavy atom. The Labute approximate surface area is 198 Å². The zero-order valence-corrected chi connectivity index (χ0v) is 18.8. The Morgan fingerprint density at radius 3 is 2.41 bits per heavy atom. The molecule has 0 aliphatic heterocycles. The van der Waals surface area contributed by atoms with Crippen LogP contribution in [0.4, 0.5) is 5.69 Å². The molecule has 0 bridgehead atoms. The fourth-order valence-electron chi connectivity index (χ4n) is 3.54. The highest BCUT2D eigenvalue weighted by atomic mass is 16.5.